The molecular formula is C12H10ClFN4OS. The molecule has 3 rings (SSSR count). The van der Waals surface area contributed by atoms with E-state index in [4.69, 9.17) is 28.3 Å². The minimum atomic E-state index is -0.476. The molecule has 0 aliphatic heterocycles. The van der Waals surface area contributed by atoms with Crippen molar-refractivity contribution in [3.63, 3.8) is 0 Å². The normalized spacial score (nSPS) is 11.3. The molecule has 0 unspecified atom stereocenters. The average molecular weight is 313 g/mol. The van der Waals surface area contributed by atoms with Gasteiger partial charge in [-0.2, -0.15) is 4.98 Å². The van der Waals surface area contributed by atoms with Gasteiger partial charge in [-0.3, -0.25) is 0 Å². The van der Waals surface area contributed by atoms with Gasteiger partial charge in [0.1, 0.15) is 5.82 Å². The van der Waals surface area contributed by atoms with Crippen LogP contribution >= 0.6 is 23.8 Å². The lowest BCUT2D eigenvalue weighted by Crippen LogP contribution is -2.02. The maximum atomic E-state index is 13.4. The minimum Gasteiger partial charge on any atom is -0.340 e. The molecule has 0 saturated heterocycles. The lowest BCUT2D eigenvalue weighted by molar-refractivity contribution is 0.386. The van der Waals surface area contributed by atoms with Crippen LogP contribution in [0.2, 0.25) is 5.02 Å². The fourth-order valence-electron chi connectivity index (χ4n) is 2.03. The van der Waals surface area contributed by atoms with Gasteiger partial charge in [-0.15, -0.1) is 0 Å². The molecule has 104 valence electrons. The van der Waals surface area contributed by atoms with Crippen LogP contribution in [0.25, 0.3) is 11.0 Å². The van der Waals surface area contributed by atoms with Gasteiger partial charge in [-0.05, 0) is 18.3 Å². The van der Waals surface area contributed by atoms with Crippen molar-refractivity contribution in [2.75, 3.05) is 0 Å². The van der Waals surface area contributed by atoms with E-state index in [9.17, 15) is 4.39 Å². The van der Waals surface area contributed by atoms with E-state index in [1.807, 2.05) is 4.57 Å². The summed E-state index contributed by atoms with van der Waals surface area (Å²) >= 11 is 11.1. The van der Waals surface area contributed by atoms with Crippen molar-refractivity contribution in [1.29, 1.82) is 0 Å². The van der Waals surface area contributed by atoms with Crippen LogP contribution in [0.1, 0.15) is 11.7 Å². The highest BCUT2D eigenvalue weighted by Crippen LogP contribution is 2.23. The molecule has 3 aromatic rings. The molecule has 0 saturated carbocycles. The Balaban J connectivity index is 1.96. The Morgan fingerprint density at radius 3 is 3.00 bits per heavy atom. The molecule has 8 heteroatoms. The van der Waals surface area contributed by atoms with Crippen molar-refractivity contribution >= 4 is 34.9 Å². The second kappa shape index (κ2) is 4.99. The molecule has 2 heterocycles. The summed E-state index contributed by atoms with van der Waals surface area (Å²) in [5.74, 6) is 0.649. The van der Waals surface area contributed by atoms with Crippen molar-refractivity contribution in [1.82, 2.24) is 19.7 Å². The van der Waals surface area contributed by atoms with Crippen LogP contribution in [0.15, 0.2) is 16.7 Å². The zero-order valence-corrected chi connectivity index (χ0v) is 12.1. The highest BCUT2D eigenvalue weighted by molar-refractivity contribution is 7.71. The Hall–Kier alpha value is -1.73. The molecule has 0 atom stereocenters. The smallest absolute Gasteiger partial charge is 0.223 e. The molecule has 2 aromatic heterocycles. The summed E-state index contributed by atoms with van der Waals surface area (Å²) < 4.78 is 20.7. The molecule has 1 N–H and O–H groups in total. The maximum absolute atomic E-state index is 13.4. The zero-order valence-electron chi connectivity index (χ0n) is 10.5. The highest BCUT2D eigenvalue weighted by Gasteiger charge is 2.10. The fraction of sp³-hybridized carbons (Fsp3) is 0.250. The number of fused-ring (bicyclic) bond motifs is 1. The van der Waals surface area contributed by atoms with Gasteiger partial charge in [-0.25, -0.2) is 4.39 Å². The summed E-state index contributed by atoms with van der Waals surface area (Å²) in [6, 6.07) is 2.89. The molecule has 0 amide bonds. The number of aromatic amines is 1. The average Bonchev–Trinajstić information content (AvgIpc) is 2.92. The number of halogens is 2. The monoisotopic (exact) mass is 312 g/mol. The van der Waals surface area contributed by atoms with Gasteiger partial charge < -0.3 is 14.1 Å². The molecule has 0 fully saturated rings. The topological polar surface area (TPSA) is 59.6 Å². The van der Waals surface area contributed by atoms with Crippen molar-refractivity contribution in [2.24, 2.45) is 0 Å². The fourth-order valence-corrected chi connectivity index (χ4v) is 2.49. The molecule has 0 spiro atoms. The second-order valence-electron chi connectivity index (χ2n) is 4.34. The number of benzene rings is 1. The van der Waals surface area contributed by atoms with Crippen molar-refractivity contribution < 1.29 is 8.91 Å². The van der Waals surface area contributed by atoms with E-state index < -0.39 is 5.82 Å². The van der Waals surface area contributed by atoms with Crippen LogP contribution in [0.3, 0.4) is 0 Å². The molecule has 0 aliphatic carbocycles. The van der Waals surface area contributed by atoms with Crippen LogP contribution in [0, 0.1) is 17.5 Å². The Bertz CT molecular complexity index is 838. The predicted octanol–water partition coefficient (Wildman–Crippen LogP) is 3.43. The Labute approximate surface area is 123 Å². The van der Waals surface area contributed by atoms with E-state index >= 15 is 0 Å². The number of aryl methyl sites for hydroxylation is 3. The van der Waals surface area contributed by atoms with Crippen LogP contribution in [0.4, 0.5) is 4.39 Å². The maximum Gasteiger partial charge on any atom is 0.223 e. The molecule has 20 heavy (non-hydrogen) atoms. The predicted molar refractivity (Wildman–Crippen MR) is 74.8 cm³/mol. The first-order valence-electron chi connectivity index (χ1n) is 5.91. The van der Waals surface area contributed by atoms with E-state index in [1.54, 1.807) is 13.0 Å². The third kappa shape index (κ3) is 2.34. The van der Waals surface area contributed by atoms with Crippen molar-refractivity contribution in [3.8, 4) is 0 Å². The standard InChI is InChI=1S/C12H10ClFN4OS/c1-6-15-11(17-19-6)2-3-18-10-4-7(13)8(14)5-9(10)16-12(18)20/h4-5H,2-3H2,1H3,(H,16,20). The van der Waals surface area contributed by atoms with Crippen LogP contribution in [-0.2, 0) is 13.0 Å². The van der Waals surface area contributed by atoms with Crippen LogP contribution in [-0.4, -0.2) is 19.7 Å². The third-order valence-corrected chi connectivity index (χ3v) is 3.56. The van der Waals surface area contributed by atoms with Crippen LogP contribution < -0.4 is 0 Å². The lowest BCUT2D eigenvalue weighted by Gasteiger charge is -2.02. The first-order valence-corrected chi connectivity index (χ1v) is 6.70. The van der Waals surface area contributed by atoms with E-state index in [-0.39, 0.29) is 5.02 Å². The summed E-state index contributed by atoms with van der Waals surface area (Å²) in [5.41, 5.74) is 1.36. The number of nitrogens with one attached hydrogen (secondary N) is 1. The molecule has 0 bridgehead atoms. The van der Waals surface area contributed by atoms with Gasteiger partial charge in [0.05, 0.1) is 16.1 Å². The van der Waals surface area contributed by atoms with E-state index in [1.165, 1.54) is 6.07 Å². The van der Waals surface area contributed by atoms with E-state index in [0.29, 0.717) is 35.0 Å². The van der Waals surface area contributed by atoms with Crippen LogP contribution in [0.5, 0.6) is 0 Å². The zero-order chi connectivity index (χ0) is 14.3. The highest BCUT2D eigenvalue weighted by atomic mass is 35.5. The molecule has 0 radical (unpaired) electrons. The summed E-state index contributed by atoms with van der Waals surface area (Å²) in [5, 5.41) is 3.89. The van der Waals surface area contributed by atoms with Crippen molar-refractivity contribution in [3.05, 3.63) is 39.5 Å². The molecular weight excluding hydrogens is 303 g/mol. The molecule has 5 nitrogen and oxygen atoms in total. The summed E-state index contributed by atoms with van der Waals surface area (Å²) in [7, 11) is 0. The number of aromatic nitrogens is 4. The minimum absolute atomic E-state index is 0.0654. The van der Waals surface area contributed by atoms with E-state index in [2.05, 4.69) is 15.1 Å². The first kappa shape index (κ1) is 13.3. The number of hydrogen-bond acceptors (Lipinski definition) is 4. The summed E-state index contributed by atoms with van der Waals surface area (Å²) in [6.45, 7) is 2.29. The van der Waals surface area contributed by atoms with Gasteiger partial charge in [0.25, 0.3) is 0 Å². The summed E-state index contributed by atoms with van der Waals surface area (Å²) in [6.07, 6.45) is 0.563. The first-order chi connectivity index (χ1) is 9.54. The Morgan fingerprint density at radius 1 is 1.50 bits per heavy atom. The van der Waals surface area contributed by atoms with Crippen molar-refractivity contribution in [2.45, 2.75) is 19.9 Å². The number of imidazole rings is 1. The van der Waals surface area contributed by atoms with Gasteiger partial charge in [-0.1, -0.05) is 16.8 Å². The molecule has 0 aliphatic rings. The number of nitrogens with zero attached hydrogens (tertiary/aromatic N) is 3. The number of H-pyrrole nitrogens is 1. The van der Waals surface area contributed by atoms with Gasteiger partial charge in [0.15, 0.2) is 10.6 Å². The SMILES string of the molecule is Cc1nc(CCn2c(=S)[nH]c3cc(F)c(Cl)cc32)no1. The summed E-state index contributed by atoms with van der Waals surface area (Å²) in [4.78, 5) is 7.08. The van der Waals surface area contributed by atoms with E-state index in [0.717, 1.165) is 5.52 Å². The third-order valence-electron chi connectivity index (χ3n) is 2.94. The van der Waals surface area contributed by atoms with Gasteiger partial charge in [0.2, 0.25) is 5.89 Å². The number of rotatable bonds is 3. The largest absolute Gasteiger partial charge is 0.340 e. The Kier molecular flexibility index (Phi) is 3.31. The van der Waals surface area contributed by atoms with Gasteiger partial charge in [0, 0.05) is 26.0 Å². The molecule has 1 aromatic carbocycles. The number of hydrogen-bond donors (Lipinski definition) is 1. The Morgan fingerprint density at radius 2 is 2.30 bits per heavy atom. The quantitative estimate of drug-likeness (QED) is 0.753. The van der Waals surface area contributed by atoms with Gasteiger partial charge >= 0.3 is 0 Å². The lowest BCUT2D eigenvalue weighted by atomic mass is 10.3. The second-order valence-corrected chi connectivity index (χ2v) is 5.14.